The largest absolute Gasteiger partial charge is 0.444 e. The van der Waals surface area contributed by atoms with Gasteiger partial charge in [-0.15, -0.1) is 0 Å². The minimum atomic E-state index is -1.18. The normalized spacial score (nSPS) is 12.9. The minimum Gasteiger partial charge on any atom is -0.444 e. The second-order valence-corrected chi connectivity index (χ2v) is 10.7. The fraction of sp³-hybridized carbons (Fsp3) is 0.567. The topological polar surface area (TPSA) is 69.3 Å². The lowest BCUT2D eigenvalue weighted by atomic mass is 10.0. The Morgan fingerprint density at radius 2 is 1.32 bits per heavy atom. The number of carbonyl (C=O) groups excluding carboxylic acids is 1. The van der Waals surface area contributed by atoms with Gasteiger partial charge in [0.1, 0.15) is 11.8 Å². The molecule has 0 spiro atoms. The van der Waals surface area contributed by atoms with Crippen LogP contribution in [0.1, 0.15) is 45.7 Å². The van der Waals surface area contributed by atoms with E-state index in [1.807, 2.05) is 57.2 Å². The zero-order valence-corrected chi connectivity index (χ0v) is 23.6. The van der Waals surface area contributed by atoms with E-state index in [4.69, 9.17) is 18.9 Å². The van der Waals surface area contributed by atoms with E-state index in [1.54, 1.807) is 13.8 Å². The van der Waals surface area contributed by atoms with Crippen molar-refractivity contribution in [2.75, 3.05) is 46.1 Å². The Labute approximate surface area is 227 Å². The summed E-state index contributed by atoms with van der Waals surface area (Å²) in [5, 5.41) is 2.63. The van der Waals surface area contributed by atoms with E-state index in [-0.39, 0.29) is 13.2 Å². The number of ether oxygens (including phenoxy) is 4. The number of rotatable bonds is 17. The van der Waals surface area contributed by atoms with Gasteiger partial charge in [0.2, 0.25) is 0 Å². The summed E-state index contributed by atoms with van der Waals surface area (Å²) in [7, 11) is 0. The molecule has 1 N–H and O–H groups in total. The molecule has 0 aliphatic rings. The molecule has 2 aromatic rings. The highest BCUT2D eigenvalue weighted by Crippen LogP contribution is 2.21. The monoisotopic (exact) mass is 532 g/mol. The van der Waals surface area contributed by atoms with Gasteiger partial charge in [-0.1, -0.05) is 60.7 Å². The Kier molecular flexibility index (Phi) is 13.7. The SMILES string of the molecule is CC(C)(C)OC(=O)NCCOCCOCCOC(C)(C)C(F)CN(Cc1ccccc1)Cc1ccccc1. The second kappa shape index (κ2) is 16.4. The molecule has 2 rings (SSSR count). The molecule has 0 aromatic heterocycles. The van der Waals surface area contributed by atoms with Crippen molar-refractivity contribution in [3.05, 3.63) is 71.8 Å². The van der Waals surface area contributed by atoms with Crippen LogP contribution < -0.4 is 5.32 Å². The summed E-state index contributed by atoms with van der Waals surface area (Å²) in [4.78, 5) is 13.7. The van der Waals surface area contributed by atoms with Crippen molar-refractivity contribution in [1.82, 2.24) is 10.2 Å². The average molecular weight is 533 g/mol. The molecular formula is C30H45FN2O5. The molecular weight excluding hydrogens is 487 g/mol. The Morgan fingerprint density at radius 3 is 1.84 bits per heavy atom. The summed E-state index contributed by atoms with van der Waals surface area (Å²) in [6.45, 7) is 12.7. The third-order valence-corrected chi connectivity index (χ3v) is 5.66. The number of benzene rings is 2. The number of amides is 1. The molecule has 7 nitrogen and oxygen atoms in total. The Hall–Kier alpha value is -2.52. The van der Waals surface area contributed by atoms with Crippen LogP contribution in [0, 0.1) is 0 Å². The van der Waals surface area contributed by atoms with Gasteiger partial charge in [-0.2, -0.15) is 0 Å². The number of alkyl carbamates (subject to hydrolysis) is 1. The smallest absolute Gasteiger partial charge is 0.407 e. The first-order valence-electron chi connectivity index (χ1n) is 13.3. The Bertz CT molecular complexity index is 864. The number of halogens is 1. The molecule has 212 valence electrons. The molecule has 0 aliphatic carbocycles. The van der Waals surface area contributed by atoms with Gasteiger partial charge >= 0.3 is 6.09 Å². The van der Waals surface area contributed by atoms with Crippen molar-refractivity contribution in [3.63, 3.8) is 0 Å². The lowest BCUT2D eigenvalue weighted by molar-refractivity contribution is -0.0970. The van der Waals surface area contributed by atoms with Gasteiger partial charge in [0, 0.05) is 26.2 Å². The van der Waals surface area contributed by atoms with Crippen LogP contribution in [0.2, 0.25) is 0 Å². The Balaban J connectivity index is 1.66. The molecule has 1 unspecified atom stereocenters. The van der Waals surface area contributed by atoms with E-state index in [9.17, 15) is 4.79 Å². The molecule has 0 aliphatic heterocycles. The molecule has 1 amide bonds. The number of alkyl halides is 1. The van der Waals surface area contributed by atoms with Crippen molar-refractivity contribution >= 4 is 6.09 Å². The van der Waals surface area contributed by atoms with Crippen molar-refractivity contribution in [1.29, 1.82) is 0 Å². The third-order valence-electron chi connectivity index (χ3n) is 5.66. The maximum Gasteiger partial charge on any atom is 0.407 e. The second-order valence-electron chi connectivity index (χ2n) is 10.7. The van der Waals surface area contributed by atoms with Gasteiger partial charge in [0.05, 0.1) is 38.6 Å². The first-order valence-corrected chi connectivity index (χ1v) is 13.3. The van der Waals surface area contributed by atoms with Crippen molar-refractivity contribution in [2.45, 2.75) is 65.1 Å². The van der Waals surface area contributed by atoms with Crippen LogP contribution in [0.15, 0.2) is 60.7 Å². The zero-order valence-electron chi connectivity index (χ0n) is 23.6. The van der Waals surface area contributed by atoms with Gasteiger partial charge in [-0.25, -0.2) is 9.18 Å². The number of hydrogen-bond donors (Lipinski definition) is 1. The predicted octanol–water partition coefficient (Wildman–Crippen LogP) is 5.38. The molecule has 0 bridgehead atoms. The first kappa shape index (κ1) is 31.7. The highest BCUT2D eigenvalue weighted by atomic mass is 19.1. The van der Waals surface area contributed by atoms with Crippen LogP contribution >= 0.6 is 0 Å². The van der Waals surface area contributed by atoms with Gasteiger partial charge < -0.3 is 24.3 Å². The number of carbonyl (C=O) groups is 1. The van der Waals surface area contributed by atoms with Crippen LogP contribution in [0.25, 0.3) is 0 Å². The molecule has 38 heavy (non-hydrogen) atoms. The van der Waals surface area contributed by atoms with E-state index in [1.165, 1.54) is 0 Å². The van der Waals surface area contributed by atoms with Crippen molar-refractivity contribution < 1.29 is 28.1 Å². The van der Waals surface area contributed by atoms with Crippen molar-refractivity contribution in [3.8, 4) is 0 Å². The fourth-order valence-corrected chi connectivity index (χ4v) is 3.63. The average Bonchev–Trinajstić information content (AvgIpc) is 2.85. The van der Waals surface area contributed by atoms with Crippen LogP contribution in [0.5, 0.6) is 0 Å². The summed E-state index contributed by atoms with van der Waals surface area (Å²) in [5.74, 6) is 0. The van der Waals surface area contributed by atoms with Crippen LogP contribution in [-0.2, 0) is 32.0 Å². The summed E-state index contributed by atoms with van der Waals surface area (Å²) >= 11 is 0. The fourth-order valence-electron chi connectivity index (χ4n) is 3.63. The van der Waals surface area contributed by atoms with E-state index in [0.29, 0.717) is 46.1 Å². The molecule has 2 aromatic carbocycles. The van der Waals surface area contributed by atoms with E-state index < -0.39 is 23.5 Å². The Morgan fingerprint density at radius 1 is 0.816 bits per heavy atom. The van der Waals surface area contributed by atoms with E-state index in [2.05, 4.69) is 34.5 Å². The molecule has 0 radical (unpaired) electrons. The summed E-state index contributed by atoms with van der Waals surface area (Å²) in [6.07, 6.45) is -1.65. The highest BCUT2D eigenvalue weighted by Gasteiger charge is 2.32. The van der Waals surface area contributed by atoms with Crippen LogP contribution in [0.4, 0.5) is 9.18 Å². The minimum absolute atomic E-state index is 0.253. The molecule has 8 heteroatoms. The van der Waals surface area contributed by atoms with Gasteiger partial charge in [-0.05, 0) is 45.7 Å². The van der Waals surface area contributed by atoms with Gasteiger partial charge in [-0.3, -0.25) is 4.90 Å². The molecule has 1 atom stereocenters. The summed E-state index contributed by atoms with van der Waals surface area (Å²) in [5.41, 5.74) is 0.802. The third kappa shape index (κ3) is 13.9. The quantitative estimate of drug-likeness (QED) is 0.276. The highest BCUT2D eigenvalue weighted by molar-refractivity contribution is 5.67. The molecule has 0 fully saturated rings. The van der Waals surface area contributed by atoms with Crippen LogP contribution in [-0.4, -0.2) is 74.5 Å². The number of nitrogens with zero attached hydrogens (tertiary/aromatic N) is 1. The van der Waals surface area contributed by atoms with Gasteiger partial charge in [0.15, 0.2) is 0 Å². The summed E-state index contributed by atoms with van der Waals surface area (Å²) in [6, 6.07) is 20.2. The van der Waals surface area contributed by atoms with Crippen molar-refractivity contribution in [2.24, 2.45) is 0 Å². The maximum atomic E-state index is 15.5. The predicted molar refractivity (Wildman–Crippen MR) is 148 cm³/mol. The zero-order chi connectivity index (χ0) is 27.9. The van der Waals surface area contributed by atoms with E-state index >= 15 is 4.39 Å². The first-order chi connectivity index (χ1) is 18.0. The molecule has 0 saturated heterocycles. The molecule has 0 saturated carbocycles. The lowest BCUT2D eigenvalue weighted by Gasteiger charge is -2.33. The van der Waals surface area contributed by atoms with Crippen LogP contribution in [0.3, 0.4) is 0 Å². The number of hydrogen-bond acceptors (Lipinski definition) is 6. The summed E-state index contributed by atoms with van der Waals surface area (Å²) < 4.78 is 37.5. The number of nitrogens with one attached hydrogen (secondary N) is 1. The maximum absolute atomic E-state index is 15.5. The molecule has 0 heterocycles. The standard InChI is InChI=1S/C30H45FN2O5/c1-29(2,3)38-28(34)32-16-17-35-18-19-36-20-21-37-30(4,5)27(31)24-33(22-25-12-8-6-9-13-25)23-26-14-10-7-11-15-26/h6-15,27H,16-24H2,1-5H3,(H,32,34). The van der Waals surface area contributed by atoms with E-state index in [0.717, 1.165) is 11.1 Å². The van der Waals surface area contributed by atoms with Gasteiger partial charge in [0.25, 0.3) is 0 Å². The lowest BCUT2D eigenvalue weighted by Crippen LogP contribution is -2.44.